The van der Waals surface area contributed by atoms with E-state index < -0.39 is 0 Å². The van der Waals surface area contributed by atoms with Crippen molar-refractivity contribution < 1.29 is 13.9 Å². The molecule has 3 nitrogen and oxygen atoms in total. The summed E-state index contributed by atoms with van der Waals surface area (Å²) < 4.78 is 23.3. The Labute approximate surface area is 114 Å². The third-order valence-corrected chi connectivity index (χ3v) is 3.08. The summed E-state index contributed by atoms with van der Waals surface area (Å²) in [5, 5.41) is 0. The van der Waals surface area contributed by atoms with Crippen molar-refractivity contribution >= 4 is 0 Å². The van der Waals surface area contributed by atoms with Crippen LogP contribution in [0.3, 0.4) is 0 Å². The molecule has 0 saturated heterocycles. The lowest BCUT2D eigenvalue weighted by molar-refractivity contribution is 0.0942. The fraction of sp³-hybridized carbons (Fsp3) is 0.600. The van der Waals surface area contributed by atoms with Gasteiger partial charge in [-0.3, -0.25) is 0 Å². The van der Waals surface area contributed by atoms with E-state index in [0.29, 0.717) is 19.1 Å². The lowest BCUT2D eigenvalue weighted by atomic mass is 9.97. The molecule has 19 heavy (non-hydrogen) atoms. The van der Waals surface area contributed by atoms with Crippen molar-refractivity contribution in [1.82, 2.24) is 0 Å². The van der Waals surface area contributed by atoms with E-state index in [1.54, 1.807) is 7.11 Å². The lowest BCUT2D eigenvalue weighted by Crippen LogP contribution is -2.19. The van der Waals surface area contributed by atoms with Crippen molar-refractivity contribution in [1.29, 1.82) is 0 Å². The molecule has 1 aromatic rings. The molecule has 1 rings (SSSR count). The van der Waals surface area contributed by atoms with Gasteiger partial charge in [0.2, 0.25) is 0 Å². The van der Waals surface area contributed by atoms with E-state index in [-0.39, 0.29) is 5.82 Å². The van der Waals surface area contributed by atoms with Crippen LogP contribution < -0.4 is 5.73 Å². The molecule has 1 unspecified atom stereocenters. The van der Waals surface area contributed by atoms with E-state index >= 15 is 0 Å². The van der Waals surface area contributed by atoms with Crippen LogP contribution in [0.15, 0.2) is 24.3 Å². The van der Waals surface area contributed by atoms with Crippen LogP contribution in [0, 0.1) is 11.7 Å². The second-order valence-electron chi connectivity index (χ2n) is 4.68. The molecule has 0 bridgehead atoms. The van der Waals surface area contributed by atoms with Gasteiger partial charge in [-0.25, -0.2) is 4.39 Å². The predicted octanol–water partition coefficient (Wildman–Crippen LogP) is 2.39. The number of ether oxygens (including phenoxy) is 2. The molecule has 0 saturated carbocycles. The monoisotopic (exact) mass is 269 g/mol. The highest BCUT2D eigenvalue weighted by atomic mass is 19.1. The third kappa shape index (κ3) is 7.25. The fourth-order valence-corrected chi connectivity index (χ4v) is 1.91. The number of methoxy groups -OCH3 is 1. The molecule has 0 amide bonds. The Balaban J connectivity index is 2.20. The van der Waals surface area contributed by atoms with Crippen molar-refractivity contribution in [3.05, 3.63) is 35.6 Å². The van der Waals surface area contributed by atoms with Gasteiger partial charge < -0.3 is 15.2 Å². The number of halogens is 1. The molecule has 0 heterocycles. The first-order chi connectivity index (χ1) is 9.26. The van der Waals surface area contributed by atoms with Gasteiger partial charge in [-0.15, -0.1) is 0 Å². The average molecular weight is 269 g/mol. The summed E-state index contributed by atoms with van der Waals surface area (Å²) in [6, 6.07) is 6.61. The molecule has 0 aromatic heterocycles. The van der Waals surface area contributed by atoms with Gasteiger partial charge in [0.05, 0.1) is 0 Å². The Morgan fingerprint density at radius 2 is 1.89 bits per heavy atom. The maximum absolute atomic E-state index is 12.8. The Bertz CT molecular complexity index is 329. The van der Waals surface area contributed by atoms with Crippen LogP contribution in [0.5, 0.6) is 0 Å². The molecule has 2 N–H and O–H groups in total. The summed E-state index contributed by atoms with van der Waals surface area (Å²) in [4.78, 5) is 0. The molecular formula is C15H24FNO2. The second-order valence-corrected chi connectivity index (χ2v) is 4.68. The minimum atomic E-state index is -0.200. The maximum Gasteiger partial charge on any atom is 0.123 e. The van der Waals surface area contributed by atoms with Crippen molar-refractivity contribution in [2.75, 3.05) is 33.5 Å². The molecular weight excluding hydrogens is 245 g/mol. The van der Waals surface area contributed by atoms with Crippen molar-refractivity contribution in [3.63, 3.8) is 0 Å². The van der Waals surface area contributed by atoms with Crippen molar-refractivity contribution in [3.8, 4) is 0 Å². The zero-order valence-electron chi connectivity index (χ0n) is 11.6. The number of nitrogens with two attached hydrogens (primary N) is 1. The second kappa shape index (κ2) is 9.89. The van der Waals surface area contributed by atoms with Gasteiger partial charge in [0.1, 0.15) is 5.82 Å². The summed E-state index contributed by atoms with van der Waals surface area (Å²) in [6.07, 6.45) is 2.72. The Morgan fingerprint density at radius 1 is 1.16 bits per heavy atom. The molecule has 108 valence electrons. The third-order valence-electron chi connectivity index (χ3n) is 3.08. The fourth-order valence-electron chi connectivity index (χ4n) is 1.91. The van der Waals surface area contributed by atoms with Gasteiger partial charge in [0.15, 0.2) is 0 Å². The summed E-state index contributed by atoms with van der Waals surface area (Å²) >= 11 is 0. The summed E-state index contributed by atoms with van der Waals surface area (Å²) in [6.45, 7) is 2.79. The van der Waals surface area contributed by atoms with Gasteiger partial charge in [0.25, 0.3) is 0 Å². The van der Waals surface area contributed by atoms with Gasteiger partial charge in [-0.1, -0.05) is 12.1 Å². The van der Waals surface area contributed by atoms with E-state index in [1.807, 2.05) is 12.1 Å². The largest absolute Gasteiger partial charge is 0.385 e. The first-order valence-corrected chi connectivity index (χ1v) is 6.77. The van der Waals surface area contributed by atoms with Crippen molar-refractivity contribution in [2.24, 2.45) is 11.7 Å². The standard InChI is InChI=1S/C15H24FNO2/c1-18-8-2-9-19-10-7-14(12-17)11-13-3-5-15(16)6-4-13/h3-6,14H,2,7-12,17H2,1H3. The number of hydrogen-bond acceptors (Lipinski definition) is 3. The first kappa shape index (κ1) is 16.1. The molecule has 1 aromatic carbocycles. The number of benzene rings is 1. The molecule has 0 fully saturated rings. The highest BCUT2D eigenvalue weighted by Crippen LogP contribution is 2.12. The maximum atomic E-state index is 12.8. The number of rotatable bonds is 10. The van der Waals surface area contributed by atoms with Crippen molar-refractivity contribution in [2.45, 2.75) is 19.3 Å². The van der Waals surface area contributed by atoms with Gasteiger partial charge in [-0.2, -0.15) is 0 Å². The van der Waals surface area contributed by atoms with Crippen LogP contribution in [0.1, 0.15) is 18.4 Å². The SMILES string of the molecule is COCCCOCCC(CN)Cc1ccc(F)cc1. The van der Waals surface area contributed by atoms with E-state index in [0.717, 1.165) is 38.0 Å². The van der Waals surface area contributed by atoms with E-state index in [4.69, 9.17) is 15.2 Å². The Morgan fingerprint density at radius 3 is 2.53 bits per heavy atom. The van der Waals surface area contributed by atoms with E-state index in [2.05, 4.69) is 0 Å². The van der Waals surface area contributed by atoms with Crippen LogP contribution in [0.2, 0.25) is 0 Å². The average Bonchev–Trinajstić information content (AvgIpc) is 2.43. The van der Waals surface area contributed by atoms with E-state index in [1.165, 1.54) is 12.1 Å². The summed E-state index contributed by atoms with van der Waals surface area (Å²) in [5.41, 5.74) is 6.88. The Hall–Kier alpha value is -0.970. The molecule has 1 atom stereocenters. The lowest BCUT2D eigenvalue weighted by Gasteiger charge is -2.15. The van der Waals surface area contributed by atoms with Crippen LogP contribution >= 0.6 is 0 Å². The molecule has 4 heteroatoms. The molecule has 0 radical (unpaired) electrons. The minimum absolute atomic E-state index is 0.200. The van der Waals surface area contributed by atoms with Crippen LogP contribution in [-0.2, 0) is 15.9 Å². The topological polar surface area (TPSA) is 44.5 Å². The van der Waals surface area contributed by atoms with Gasteiger partial charge in [0, 0.05) is 26.9 Å². The highest BCUT2D eigenvalue weighted by Gasteiger charge is 2.08. The first-order valence-electron chi connectivity index (χ1n) is 6.77. The highest BCUT2D eigenvalue weighted by molar-refractivity contribution is 5.16. The molecule has 0 aliphatic rings. The molecule has 0 spiro atoms. The summed E-state index contributed by atoms with van der Waals surface area (Å²) in [7, 11) is 1.69. The van der Waals surface area contributed by atoms with Crippen LogP contribution in [0.4, 0.5) is 4.39 Å². The van der Waals surface area contributed by atoms with Crippen LogP contribution in [-0.4, -0.2) is 33.5 Å². The zero-order valence-corrected chi connectivity index (χ0v) is 11.6. The zero-order chi connectivity index (χ0) is 13.9. The quantitative estimate of drug-likeness (QED) is 0.663. The number of hydrogen-bond donors (Lipinski definition) is 1. The minimum Gasteiger partial charge on any atom is -0.385 e. The smallest absolute Gasteiger partial charge is 0.123 e. The van der Waals surface area contributed by atoms with Gasteiger partial charge in [-0.05, 0) is 49.4 Å². The van der Waals surface area contributed by atoms with Crippen LogP contribution in [0.25, 0.3) is 0 Å². The summed E-state index contributed by atoms with van der Waals surface area (Å²) in [5.74, 6) is 0.183. The molecule has 0 aliphatic heterocycles. The van der Waals surface area contributed by atoms with E-state index in [9.17, 15) is 4.39 Å². The predicted molar refractivity (Wildman–Crippen MR) is 74.6 cm³/mol. The normalized spacial score (nSPS) is 12.6. The Kier molecular flexibility index (Phi) is 8.38. The van der Waals surface area contributed by atoms with Gasteiger partial charge >= 0.3 is 0 Å². The molecule has 0 aliphatic carbocycles.